The Hall–Kier alpha value is -2.63. The monoisotopic (exact) mass is 415 g/mol. The van der Waals surface area contributed by atoms with Crippen LogP contribution in [0, 0.1) is 18.3 Å². The number of amides is 1. The van der Waals surface area contributed by atoms with E-state index >= 15 is 0 Å². The SMILES string of the molecule is Cc1cnc(-c2cc(C#N)cc(OC[C@@H]3CN(C(=O)OC(C)(C)C)CCO3)c2)s1. The number of aromatic nitrogens is 1. The van der Waals surface area contributed by atoms with Crippen molar-refractivity contribution in [3.05, 3.63) is 34.8 Å². The van der Waals surface area contributed by atoms with Gasteiger partial charge in [0.05, 0.1) is 24.8 Å². The molecule has 0 bridgehead atoms. The number of ether oxygens (including phenoxy) is 3. The number of hydrogen-bond acceptors (Lipinski definition) is 7. The first-order valence-electron chi connectivity index (χ1n) is 9.44. The van der Waals surface area contributed by atoms with Crippen molar-refractivity contribution in [3.63, 3.8) is 0 Å². The van der Waals surface area contributed by atoms with Gasteiger partial charge in [0.25, 0.3) is 0 Å². The standard InChI is InChI=1S/C21H25N3O4S/c1-14-11-23-19(29-14)16-7-15(10-22)8-17(9-16)27-13-18-12-24(5-6-26-18)20(25)28-21(2,3)4/h7-9,11,18H,5-6,12-13H2,1-4H3/t18-/m0/s1. The number of carbonyl (C=O) groups is 1. The molecule has 1 aromatic heterocycles. The first-order chi connectivity index (χ1) is 13.7. The van der Waals surface area contributed by atoms with Crippen LogP contribution in [0.5, 0.6) is 5.75 Å². The number of rotatable bonds is 4. The van der Waals surface area contributed by atoms with Crippen LogP contribution in [-0.2, 0) is 9.47 Å². The molecular formula is C21H25N3O4S. The van der Waals surface area contributed by atoms with E-state index < -0.39 is 5.60 Å². The summed E-state index contributed by atoms with van der Waals surface area (Å²) in [4.78, 5) is 19.4. The summed E-state index contributed by atoms with van der Waals surface area (Å²) in [6, 6.07) is 7.52. The molecule has 154 valence electrons. The first kappa shape index (κ1) is 21.1. The fourth-order valence-corrected chi connectivity index (χ4v) is 3.61. The van der Waals surface area contributed by atoms with Gasteiger partial charge in [0.2, 0.25) is 0 Å². The molecule has 0 aliphatic carbocycles. The normalized spacial score (nSPS) is 16.9. The van der Waals surface area contributed by atoms with E-state index in [1.807, 2.05) is 33.8 Å². The molecule has 0 radical (unpaired) electrons. The first-order valence-corrected chi connectivity index (χ1v) is 10.3. The van der Waals surface area contributed by atoms with Gasteiger partial charge in [-0.15, -0.1) is 11.3 Å². The maximum Gasteiger partial charge on any atom is 0.410 e. The van der Waals surface area contributed by atoms with Gasteiger partial charge in [-0.1, -0.05) is 0 Å². The van der Waals surface area contributed by atoms with Crippen molar-refractivity contribution in [1.29, 1.82) is 5.26 Å². The van der Waals surface area contributed by atoms with E-state index in [0.717, 1.165) is 15.4 Å². The van der Waals surface area contributed by atoms with Crippen LogP contribution in [0.1, 0.15) is 31.2 Å². The lowest BCUT2D eigenvalue weighted by atomic mass is 10.1. The molecule has 7 nitrogen and oxygen atoms in total. The molecule has 1 aliphatic rings. The molecule has 1 amide bonds. The zero-order valence-corrected chi connectivity index (χ0v) is 17.9. The molecule has 1 aromatic carbocycles. The second-order valence-corrected chi connectivity index (χ2v) is 9.10. The smallest absolute Gasteiger partial charge is 0.410 e. The van der Waals surface area contributed by atoms with Crippen LogP contribution >= 0.6 is 11.3 Å². The Morgan fingerprint density at radius 2 is 2.21 bits per heavy atom. The predicted octanol–water partition coefficient (Wildman–Crippen LogP) is 4.00. The highest BCUT2D eigenvalue weighted by Crippen LogP contribution is 2.29. The lowest BCUT2D eigenvalue weighted by Gasteiger charge is -2.34. The van der Waals surface area contributed by atoms with Gasteiger partial charge in [0.1, 0.15) is 29.1 Å². The average molecular weight is 416 g/mol. The number of aryl methyl sites for hydroxylation is 1. The average Bonchev–Trinajstić information content (AvgIpc) is 3.11. The minimum atomic E-state index is -0.538. The molecule has 1 saturated heterocycles. The fourth-order valence-electron chi connectivity index (χ4n) is 2.86. The van der Waals surface area contributed by atoms with Crippen molar-refractivity contribution in [2.75, 3.05) is 26.3 Å². The van der Waals surface area contributed by atoms with Crippen molar-refractivity contribution in [3.8, 4) is 22.4 Å². The minimum absolute atomic E-state index is 0.268. The van der Waals surface area contributed by atoms with Crippen LogP contribution in [0.3, 0.4) is 0 Å². The Bertz CT molecular complexity index is 913. The van der Waals surface area contributed by atoms with E-state index in [1.165, 1.54) is 0 Å². The third-order valence-electron chi connectivity index (χ3n) is 4.13. The zero-order valence-electron chi connectivity index (χ0n) is 17.1. The van der Waals surface area contributed by atoms with Crippen molar-refractivity contribution in [2.24, 2.45) is 0 Å². The molecule has 0 saturated carbocycles. The van der Waals surface area contributed by atoms with E-state index in [1.54, 1.807) is 34.6 Å². The summed E-state index contributed by atoms with van der Waals surface area (Å²) < 4.78 is 17.1. The van der Waals surface area contributed by atoms with Crippen molar-refractivity contribution in [1.82, 2.24) is 9.88 Å². The molecule has 29 heavy (non-hydrogen) atoms. The summed E-state index contributed by atoms with van der Waals surface area (Å²) >= 11 is 1.56. The Labute approximate surface area is 174 Å². The number of benzene rings is 1. The van der Waals surface area contributed by atoms with E-state index in [0.29, 0.717) is 31.0 Å². The maximum absolute atomic E-state index is 12.3. The topological polar surface area (TPSA) is 84.7 Å². The van der Waals surface area contributed by atoms with E-state index in [-0.39, 0.29) is 18.8 Å². The summed E-state index contributed by atoms with van der Waals surface area (Å²) in [5.74, 6) is 0.574. The summed E-state index contributed by atoms with van der Waals surface area (Å²) in [6.07, 6.45) is 1.19. The Morgan fingerprint density at radius 1 is 1.41 bits per heavy atom. The van der Waals surface area contributed by atoms with Crippen molar-refractivity contribution < 1.29 is 19.0 Å². The van der Waals surface area contributed by atoms with E-state index in [9.17, 15) is 10.1 Å². The minimum Gasteiger partial charge on any atom is -0.491 e. The Morgan fingerprint density at radius 3 is 2.86 bits per heavy atom. The van der Waals surface area contributed by atoms with Gasteiger partial charge in [-0.3, -0.25) is 0 Å². The van der Waals surface area contributed by atoms with E-state index in [2.05, 4.69) is 11.1 Å². The summed E-state index contributed by atoms with van der Waals surface area (Å²) in [5, 5.41) is 10.2. The molecule has 2 aromatic rings. The van der Waals surface area contributed by atoms with Gasteiger partial charge >= 0.3 is 6.09 Å². The largest absolute Gasteiger partial charge is 0.491 e. The van der Waals surface area contributed by atoms with Crippen LogP contribution < -0.4 is 4.74 Å². The fraction of sp³-hybridized carbons (Fsp3) is 0.476. The predicted molar refractivity (Wildman–Crippen MR) is 110 cm³/mol. The lowest BCUT2D eigenvalue weighted by Crippen LogP contribution is -2.49. The third kappa shape index (κ3) is 5.92. The number of carbonyl (C=O) groups excluding carboxylic acids is 1. The second kappa shape index (κ2) is 8.80. The number of hydrogen-bond donors (Lipinski definition) is 0. The van der Waals surface area contributed by atoms with Gasteiger partial charge in [0.15, 0.2) is 0 Å². The van der Waals surface area contributed by atoms with E-state index in [4.69, 9.17) is 14.2 Å². The molecule has 1 aliphatic heterocycles. The Balaban J connectivity index is 1.65. The van der Waals surface area contributed by atoms with Gasteiger partial charge < -0.3 is 19.1 Å². The van der Waals surface area contributed by atoms with Gasteiger partial charge in [-0.2, -0.15) is 5.26 Å². The van der Waals surface area contributed by atoms with Gasteiger partial charge in [-0.05, 0) is 45.9 Å². The maximum atomic E-state index is 12.3. The zero-order chi connectivity index (χ0) is 21.0. The van der Waals surface area contributed by atoms with Gasteiger partial charge in [-0.25, -0.2) is 9.78 Å². The number of morpholine rings is 1. The molecule has 0 N–H and O–H groups in total. The lowest BCUT2D eigenvalue weighted by molar-refractivity contribution is -0.0557. The van der Waals surface area contributed by atoms with Crippen LogP contribution in [0.15, 0.2) is 24.4 Å². The highest BCUT2D eigenvalue weighted by atomic mass is 32.1. The van der Waals surface area contributed by atoms with Gasteiger partial charge in [0, 0.05) is 23.2 Å². The number of thiazole rings is 1. The molecule has 0 unspecified atom stereocenters. The van der Waals surface area contributed by atoms with Crippen LogP contribution in [0.2, 0.25) is 0 Å². The van der Waals surface area contributed by atoms with Crippen LogP contribution in [0.4, 0.5) is 4.79 Å². The molecule has 8 heteroatoms. The summed E-state index contributed by atoms with van der Waals surface area (Å²) in [5.41, 5.74) is 0.811. The molecule has 0 spiro atoms. The quantitative estimate of drug-likeness (QED) is 0.750. The number of nitrogens with zero attached hydrogens (tertiary/aromatic N) is 3. The van der Waals surface area contributed by atoms with Crippen molar-refractivity contribution in [2.45, 2.75) is 39.4 Å². The molecule has 1 fully saturated rings. The highest BCUT2D eigenvalue weighted by Gasteiger charge is 2.28. The number of nitriles is 1. The second-order valence-electron chi connectivity index (χ2n) is 7.86. The molecule has 1 atom stereocenters. The molecule has 3 rings (SSSR count). The molecular weight excluding hydrogens is 390 g/mol. The van der Waals surface area contributed by atoms with Crippen molar-refractivity contribution >= 4 is 17.4 Å². The molecule has 2 heterocycles. The summed E-state index contributed by atoms with van der Waals surface area (Å²) in [7, 11) is 0. The third-order valence-corrected chi connectivity index (χ3v) is 5.09. The Kier molecular flexibility index (Phi) is 6.40. The van der Waals surface area contributed by atoms with Crippen LogP contribution in [0.25, 0.3) is 10.6 Å². The van der Waals surface area contributed by atoms with Crippen LogP contribution in [-0.4, -0.2) is 54.0 Å². The summed E-state index contributed by atoms with van der Waals surface area (Å²) in [6.45, 7) is 9.10. The highest BCUT2D eigenvalue weighted by molar-refractivity contribution is 7.14.